The molecule has 0 radical (unpaired) electrons. The van der Waals surface area contributed by atoms with Crippen LogP contribution in [0.25, 0.3) is 10.9 Å². The van der Waals surface area contributed by atoms with Gasteiger partial charge in [-0.05, 0) is 25.5 Å². The van der Waals surface area contributed by atoms with Crippen molar-refractivity contribution >= 4 is 16.7 Å². The number of H-pyrrole nitrogens is 1. The molecule has 0 saturated carbocycles. The smallest absolute Gasteiger partial charge is 0.161 e. The third-order valence-corrected chi connectivity index (χ3v) is 2.80. The van der Waals surface area contributed by atoms with Crippen LogP contribution in [0.5, 0.6) is 5.75 Å². The summed E-state index contributed by atoms with van der Waals surface area (Å²) in [6.45, 7) is 4.45. The topological polar surface area (TPSA) is 42.1 Å². The standard InChI is InChI=1S/C14H17NO2/c1-3-4-7-17-11-5-6-12-13(10(2)16)9-15-14(12)8-11/h5-6,8-9,15H,3-4,7H2,1-2H3. The van der Waals surface area contributed by atoms with E-state index in [2.05, 4.69) is 11.9 Å². The molecule has 0 aliphatic heterocycles. The minimum Gasteiger partial charge on any atom is -0.494 e. The van der Waals surface area contributed by atoms with E-state index in [0.29, 0.717) is 0 Å². The van der Waals surface area contributed by atoms with Gasteiger partial charge in [0, 0.05) is 28.7 Å². The van der Waals surface area contributed by atoms with E-state index < -0.39 is 0 Å². The van der Waals surface area contributed by atoms with Crippen LogP contribution in [0.1, 0.15) is 37.0 Å². The lowest BCUT2D eigenvalue weighted by molar-refractivity contribution is 0.101. The first-order chi connectivity index (χ1) is 8.22. The quantitative estimate of drug-likeness (QED) is 0.631. The zero-order chi connectivity index (χ0) is 12.3. The molecule has 3 heteroatoms. The summed E-state index contributed by atoms with van der Waals surface area (Å²) in [7, 11) is 0. The third kappa shape index (κ3) is 2.49. The summed E-state index contributed by atoms with van der Waals surface area (Å²) in [5, 5.41) is 0.959. The highest BCUT2D eigenvalue weighted by Crippen LogP contribution is 2.23. The van der Waals surface area contributed by atoms with Gasteiger partial charge in [0.15, 0.2) is 5.78 Å². The van der Waals surface area contributed by atoms with Crippen molar-refractivity contribution in [1.29, 1.82) is 0 Å². The van der Waals surface area contributed by atoms with E-state index in [1.54, 1.807) is 13.1 Å². The molecule has 0 spiro atoms. The fourth-order valence-corrected chi connectivity index (χ4v) is 1.82. The Labute approximate surface area is 101 Å². The molecule has 0 aliphatic carbocycles. The van der Waals surface area contributed by atoms with Gasteiger partial charge < -0.3 is 9.72 Å². The van der Waals surface area contributed by atoms with E-state index in [1.807, 2.05) is 18.2 Å². The summed E-state index contributed by atoms with van der Waals surface area (Å²) in [6, 6.07) is 5.79. The second kappa shape index (κ2) is 5.04. The van der Waals surface area contributed by atoms with Gasteiger partial charge in [-0.1, -0.05) is 13.3 Å². The number of carbonyl (C=O) groups excluding carboxylic acids is 1. The fraction of sp³-hybridized carbons (Fsp3) is 0.357. The van der Waals surface area contributed by atoms with Gasteiger partial charge in [0.25, 0.3) is 0 Å². The lowest BCUT2D eigenvalue weighted by Gasteiger charge is -2.05. The Morgan fingerprint density at radius 3 is 2.94 bits per heavy atom. The number of rotatable bonds is 5. The molecule has 2 rings (SSSR count). The number of nitrogens with one attached hydrogen (secondary N) is 1. The van der Waals surface area contributed by atoms with E-state index >= 15 is 0 Å². The molecule has 2 aromatic rings. The van der Waals surface area contributed by atoms with Crippen LogP contribution >= 0.6 is 0 Å². The lowest BCUT2D eigenvalue weighted by atomic mass is 10.1. The highest BCUT2D eigenvalue weighted by Gasteiger charge is 2.08. The van der Waals surface area contributed by atoms with Crippen molar-refractivity contribution in [3.8, 4) is 5.75 Å². The van der Waals surface area contributed by atoms with Crippen LogP contribution in [0.3, 0.4) is 0 Å². The fourth-order valence-electron chi connectivity index (χ4n) is 1.82. The number of carbonyl (C=O) groups is 1. The van der Waals surface area contributed by atoms with Gasteiger partial charge >= 0.3 is 0 Å². The number of hydrogen-bond acceptors (Lipinski definition) is 2. The molecule has 1 heterocycles. The second-order valence-corrected chi connectivity index (χ2v) is 4.17. The molecule has 0 aliphatic rings. The van der Waals surface area contributed by atoms with E-state index in [4.69, 9.17) is 4.74 Å². The average Bonchev–Trinajstić information content (AvgIpc) is 2.72. The summed E-state index contributed by atoms with van der Waals surface area (Å²) in [4.78, 5) is 14.5. The van der Waals surface area contributed by atoms with Gasteiger partial charge in [-0.15, -0.1) is 0 Å². The predicted molar refractivity (Wildman–Crippen MR) is 68.7 cm³/mol. The summed E-state index contributed by atoms with van der Waals surface area (Å²) in [5.41, 5.74) is 1.68. The van der Waals surface area contributed by atoms with Crippen molar-refractivity contribution < 1.29 is 9.53 Å². The van der Waals surface area contributed by atoms with Crippen LogP contribution in [-0.4, -0.2) is 17.4 Å². The number of ether oxygens (including phenoxy) is 1. The Morgan fingerprint density at radius 2 is 2.24 bits per heavy atom. The third-order valence-electron chi connectivity index (χ3n) is 2.80. The molecule has 0 atom stereocenters. The van der Waals surface area contributed by atoms with Gasteiger partial charge in [-0.2, -0.15) is 0 Å². The van der Waals surface area contributed by atoms with Crippen molar-refractivity contribution in [3.05, 3.63) is 30.0 Å². The van der Waals surface area contributed by atoms with E-state index in [-0.39, 0.29) is 5.78 Å². The average molecular weight is 231 g/mol. The number of aromatic amines is 1. The van der Waals surface area contributed by atoms with Crippen molar-refractivity contribution in [3.63, 3.8) is 0 Å². The van der Waals surface area contributed by atoms with Crippen LogP contribution in [0.4, 0.5) is 0 Å². The van der Waals surface area contributed by atoms with Crippen LogP contribution in [0.15, 0.2) is 24.4 Å². The Kier molecular flexibility index (Phi) is 3.47. The number of unbranched alkanes of at least 4 members (excludes halogenated alkanes) is 1. The van der Waals surface area contributed by atoms with Gasteiger partial charge in [0.05, 0.1) is 6.61 Å². The first-order valence-electron chi connectivity index (χ1n) is 5.97. The molecule has 0 bridgehead atoms. The molecular formula is C14H17NO2. The van der Waals surface area contributed by atoms with Gasteiger partial charge in [0.2, 0.25) is 0 Å². The summed E-state index contributed by atoms with van der Waals surface area (Å²) >= 11 is 0. The van der Waals surface area contributed by atoms with Crippen LogP contribution < -0.4 is 4.74 Å². The lowest BCUT2D eigenvalue weighted by Crippen LogP contribution is -1.96. The molecule has 0 saturated heterocycles. The highest BCUT2D eigenvalue weighted by atomic mass is 16.5. The molecule has 0 unspecified atom stereocenters. The molecule has 1 N–H and O–H groups in total. The molecule has 0 amide bonds. The van der Waals surface area contributed by atoms with Crippen LogP contribution in [0.2, 0.25) is 0 Å². The Bertz CT molecular complexity index is 528. The summed E-state index contributed by atoms with van der Waals surface area (Å²) in [5.74, 6) is 0.929. The second-order valence-electron chi connectivity index (χ2n) is 4.17. The first kappa shape index (κ1) is 11.7. The molecule has 0 fully saturated rings. The van der Waals surface area contributed by atoms with E-state index in [0.717, 1.165) is 41.7 Å². The number of ketones is 1. The van der Waals surface area contributed by atoms with Crippen molar-refractivity contribution in [2.75, 3.05) is 6.61 Å². The Hall–Kier alpha value is -1.77. The van der Waals surface area contributed by atoms with E-state index in [1.165, 1.54) is 0 Å². The zero-order valence-electron chi connectivity index (χ0n) is 10.2. The number of aromatic nitrogens is 1. The Morgan fingerprint density at radius 1 is 1.41 bits per heavy atom. The van der Waals surface area contributed by atoms with Gasteiger partial charge in [-0.3, -0.25) is 4.79 Å². The molecule has 1 aromatic heterocycles. The SMILES string of the molecule is CCCCOc1ccc2c(C(C)=O)c[nH]c2c1. The van der Waals surface area contributed by atoms with Gasteiger partial charge in [0.1, 0.15) is 5.75 Å². The van der Waals surface area contributed by atoms with E-state index in [9.17, 15) is 4.79 Å². The number of fused-ring (bicyclic) bond motifs is 1. The first-order valence-corrected chi connectivity index (χ1v) is 5.97. The normalized spacial score (nSPS) is 10.7. The number of benzene rings is 1. The van der Waals surface area contributed by atoms with Crippen LogP contribution in [0, 0.1) is 0 Å². The van der Waals surface area contributed by atoms with Crippen molar-refractivity contribution in [2.45, 2.75) is 26.7 Å². The molecule has 3 nitrogen and oxygen atoms in total. The predicted octanol–water partition coefficient (Wildman–Crippen LogP) is 3.55. The maximum atomic E-state index is 11.4. The summed E-state index contributed by atoms with van der Waals surface area (Å²) in [6.07, 6.45) is 3.93. The van der Waals surface area contributed by atoms with Crippen molar-refractivity contribution in [1.82, 2.24) is 4.98 Å². The number of Topliss-reactive ketones (excluding diaryl/α,β-unsaturated/α-hetero) is 1. The van der Waals surface area contributed by atoms with Crippen LogP contribution in [-0.2, 0) is 0 Å². The molecule has 90 valence electrons. The molecular weight excluding hydrogens is 214 g/mol. The Balaban J connectivity index is 2.23. The largest absolute Gasteiger partial charge is 0.494 e. The number of hydrogen-bond donors (Lipinski definition) is 1. The minimum absolute atomic E-state index is 0.0795. The van der Waals surface area contributed by atoms with Gasteiger partial charge in [-0.25, -0.2) is 0 Å². The maximum Gasteiger partial charge on any atom is 0.161 e. The minimum atomic E-state index is 0.0795. The highest BCUT2D eigenvalue weighted by molar-refractivity contribution is 6.06. The van der Waals surface area contributed by atoms with Crippen molar-refractivity contribution in [2.24, 2.45) is 0 Å². The maximum absolute atomic E-state index is 11.4. The monoisotopic (exact) mass is 231 g/mol. The molecule has 17 heavy (non-hydrogen) atoms. The molecule has 1 aromatic carbocycles. The summed E-state index contributed by atoms with van der Waals surface area (Å²) < 4.78 is 5.62. The zero-order valence-corrected chi connectivity index (χ0v) is 10.2.